The average molecular weight is 254 g/mol. The minimum absolute atomic E-state index is 0.0505. The monoisotopic (exact) mass is 254 g/mol. The predicted molar refractivity (Wildman–Crippen MR) is 69.9 cm³/mol. The van der Waals surface area contributed by atoms with Crippen LogP contribution in [0.5, 0.6) is 0 Å². The highest BCUT2D eigenvalue weighted by molar-refractivity contribution is 5.88. The van der Waals surface area contributed by atoms with Crippen molar-refractivity contribution < 1.29 is 19.1 Å². The van der Waals surface area contributed by atoms with Crippen molar-refractivity contribution in [3.8, 4) is 0 Å². The van der Waals surface area contributed by atoms with E-state index in [4.69, 9.17) is 9.47 Å². The van der Waals surface area contributed by atoms with Crippen LogP contribution in [0.4, 0.5) is 0 Å². The maximum Gasteiger partial charge on any atom is 0.333 e. The molecule has 0 aromatic rings. The third-order valence-electron chi connectivity index (χ3n) is 2.12. The fourth-order valence-corrected chi connectivity index (χ4v) is 1.00. The van der Waals surface area contributed by atoms with E-state index in [-0.39, 0.29) is 19.2 Å². The summed E-state index contributed by atoms with van der Waals surface area (Å²) in [5.74, 6) is -0.343. The lowest BCUT2D eigenvalue weighted by atomic mass is 10.1. The molecule has 18 heavy (non-hydrogen) atoms. The summed E-state index contributed by atoms with van der Waals surface area (Å²) in [4.78, 5) is 22.5. The van der Waals surface area contributed by atoms with Crippen LogP contribution in [0.25, 0.3) is 0 Å². The molecule has 0 spiro atoms. The molecule has 0 aromatic heterocycles. The SMILES string of the molecule is C=C(C)C(=O)OCCOC(=O)C(C)=CCC(C)C. The zero-order valence-corrected chi connectivity index (χ0v) is 11.6. The smallest absolute Gasteiger partial charge is 0.333 e. The molecule has 102 valence electrons. The first-order valence-electron chi connectivity index (χ1n) is 6.01. The van der Waals surface area contributed by atoms with E-state index in [0.29, 0.717) is 17.1 Å². The van der Waals surface area contributed by atoms with Crippen molar-refractivity contribution in [2.75, 3.05) is 13.2 Å². The Bertz CT molecular complexity index is 340. The van der Waals surface area contributed by atoms with Gasteiger partial charge < -0.3 is 9.47 Å². The maximum absolute atomic E-state index is 11.5. The fraction of sp³-hybridized carbons (Fsp3) is 0.571. The topological polar surface area (TPSA) is 52.6 Å². The molecule has 0 bridgehead atoms. The van der Waals surface area contributed by atoms with E-state index in [1.807, 2.05) is 6.08 Å². The van der Waals surface area contributed by atoms with Gasteiger partial charge in [0, 0.05) is 11.1 Å². The van der Waals surface area contributed by atoms with Crippen LogP contribution in [0, 0.1) is 5.92 Å². The predicted octanol–water partition coefficient (Wildman–Crippen LogP) is 2.64. The molecule has 0 N–H and O–H groups in total. The van der Waals surface area contributed by atoms with Crippen LogP contribution in [-0.4, -0.2) is 25.2 Å². The lowest BCUT2D eigenvalue weighted by molar-refractivity contribution is -0.147. The average Bonchev–Trinajstić information content (AvgIpc) is 2.30. The second-order valence-corrected chi connectivity index (χ2v) is 4.57. The number of hydrogen-bond acceptors (Lipinski definition) is 4. The largest absolute Gasteiger partial charge is 0.459 e. The summed E-state index contributed by atoms with van der Waals surface area (Å²) >= 11 is 0. The molecule has 0 heterocycles. The van der Waals surface area contributed by atoms with Crippen molar-refractivity contribution in [3.63, 3.8) is 0 Å². The highest BCUT2D eigenvalue weighted by Gasteiger charge is 2.07. The van der Waals surface area contributed by atoms with E-state index in [1.165, 1.54) is 0 Å². The fourth-order valence-electron chi connectivity index (χ4n) is 1.00. The number of carbonyl (C=O) groups excluding carboxylic acids is 2. The molecule has 0 saturated carbocycles. The minimum Gasteiger partial charge on any atom is -0.459 e. The Hall–Kier alpha value is -1.58. The molecule has 0 rings (SSSR count). The summed E-state index contributed by atoms with van der Waals surface area (Å²) in [5.41, 5.74) is 0.907. The second-order valence-electron chi connectivity index (χ2n) is 4.57. The number of hydrogen-bond donors (Lipinski definition) is 0. The van der Waals surface area contributed by atoms with E-state index in [1.54, 1.807) is 13.8 Å². The van der Waals surface area contributed by atoms with Gasteiger partial charge in [0.1, 0.15) is 13.2 Å². The van der Waals surface area contributed by atoms with Gasteiger partial charge in [0.05, 0.1) is 0 Å². The van der Waals surface area contributed by atoms with Crippen LogP contribution in [-0.2, 0) is 19.1 Å². The summed E-state index contributed by atoms with van der Waals surface area (Å²) in [5, 5.41) is 0. The van der Waals surface area contributed by atoms with Crippen LogP contribution in [0.1, 0.15) is 34.1 Å². The molecule has 4 heteroatoms. The van der Waals surface area contributed by atoms with Gasteiger partial charge in [-0.3, -0.25) is 0 Å². The molecule has 0 fully saturated rings. The quantitative estimate of drug-likeness (QED) is 0.398. The summed E-state index contributed by atoms with van der Waals surface area (Å²) in [6, 6.07) is 0. The first kappa shape index (κ1) is 16.4. The number of carbonyl (C=O) groups is 2. The number of rotatable bonds is 7. The van der Waals surface area contributed by atoms with E-state index in [9.17, 15) is 9.59 Å². The standard InChI is InChI=1S/C14H22O4/c1-10(2)6-7-12(5)14(16)18-9-8-17-13(15)11(3)4/h7,10H,3,6,8-9H2,1-2,4-5H3. The Kier molecular flexibility index (Phi) is 7.76. The van der Waals surface area contributed by atoms with Crippen molar-refractivity contribution in [1.29, 1.82) is 0 Å². The molecular weight excluding hydrogens is 232 g/mol. The van der Waals surface area contributed by atoms with Crippen molar-refractivity contribution in [2.45, 2.75) is 34.1 Å². The lowest BCUT2D eigenvalue weighted by Crippen LogP contribution is -2.14. The van der Waals surface area contributed by atoms with Crippen molar-refractivity contribution in [2.24, 2.45) is 5.92 Å². The molecule has 0 unspecified atom stereocenters. The summed E-state index contributed by atoms with van der Waals surface area (Å²) < 4.78 is 9.75. The van der Waals surface area contributed by atoms with E-state index < -0.39 is 5.97 Å². The van der Waals surface area contributed by atoms with Crippen molar-refractivity contribution in [3.05, 3.63) is 23.8 Å². The molecule has 0 aliphatic carbocycles. The van der Waals surface area contributed by atoms with Crippen LogP contribution in [0.15, 0.2) is 23.8 Å². The van der Waals surface area contributed by atoms with Gasteiger partial charge in [-0.2, -0.15) is 0 Å². The molecular formula is C14H22O4. The van der Waals surface area contributed by atoms with Gasteiger partial charge in [0.25, 0.3) is 0 Å². The molecule has 0 aromatic carbocycles. The molecule has 4 nitrogen and oxygen atoms in total. The Morgan fingerprint density at radius 3 is 2.06 bits per heavy atom. The van der Waals surface area contributed by atoms with Crippen LogP contribution in [0.3, 0.4) is 0 Å². The molecule has 0 aliphatic heterocycles. The van der Waals surface area contributed by atoms with Crippen molar-refractivity contribution in [1.82, 2.24) is 0 Å². The molecule has 0 radical (unpaired) electrons. The minimum atomic E-state index is -0.474. The van der Waals surface area contributed by atoms with Crippen LogP contribution < -0.4 is 0 Å². The molecule has 0 aliphatic rings. The molecule has 0 atom stereocenters. The Balaban J connectivity index is 3.87. The Labute approximate surface area is 109 Å². The van der Waals surface area contributed by atoms with Gasteiger partial charge in [-0.1, -0.05) is 26.5 Å². The van der Waals surface area contributed by atoms with Crippen LogP contribution >= 0.6 is 0 Å². The van der Waals surface area contributed by atoms with Gasteiger partial charge in [0.15, 0.2) is 0 Å². The zero-order valence-electron chi connectivity index (χ0n) is 11.6. The highest BCUT2D eigenvalue weighted by atomic mass is 16.6. The Morgan fingerprint density at radius 1 is 1.11 bits per heavy atom. The highest BCUT2D eigenvalue weighted by Crippen LogP contribution is 2.05. The van der Waals surface area contributed by atoms with Gasteiger partial charge >= 0.3 is 11.9 Å². The lowest BCUT2D eigenvalue weighted by Gasteiger charge is -2.07. The zero-order chi connectivity index (χ0) is 14.1. The van der Waals surface area contributed by atoms with Gasteiger partial charge in [-0.15, -0.1) is 0 Å². The molecule has 0 amide bonds. The third kappa shape index (κ3) is 7.65. The van der Waals surface area contributed by atoms with E-state index in [0.717, 1.165) is 6.42 Å². The second kappa shape index (κ2) is 8.50. The maximum atomic E-state index is 11.5. The van der Waals surface area contributed by atoms with Gasteiger partial charge in [-0.25, -0.2) is 9.59 Å². The van der Waals surface area contributed by atoms with Gasteiger partial charge in [0.2, 0.25) is 0 Å². The van der Waals surface area contributed by atoms with Crippen molar-refractivity contribution >= 4 is 11.9 Å². The van der Waals surface area contributed by atoms with E-state index in [2.05, 4.69) is 20.4 Å². The Morgan fingerprint density at radius 2 is 1.61 bits per heavy atom. The number of allylic oxidation sites excluding steroid dienone is 1. The number of ether oxygens (including phenoxy) is 2. The summed E-state index contributed by atoms with van der Waals surface area (Å²) in [6.07, 6.45) is 2.69. The normalized spacial score (nSPS) is 11.3. The van der Waals surface area contributed by atoms with Crippen LogP contribution in [0.2, 0.25) is 0 Å². The third-order valence-corrected chi connectivity index (χ3v) is 2.12. The molecule has 0 saturated heterocycles. The number of esters is 2. The summed E-state index contributed by atoms with van der Waals surface area (Å²) in [6.45, 7) is 11.0. The first-order valence-corrected chi connectivity index (χ1v) is 6.01. The first-order chi connectivity index (χ1) is 8.34. The summed E-state index contributed by atoms with van der Waals surface area (Å²) in [7, 11) is 0. The van der Waals surface area contributed by atoms with E-state index >= 15 is 0 Å². The van der Waals surface area contributed by atoms with Gasteiger partial charge in [-0.05, 0) is 26.2 Å².